The van der Waals surface area contributed by atoms with E-state index >= 15 is 0 Å². The number of methoxy groups -OCH3 is 2. The topological polar surface area (TPSA) is 78.3 Å². The average Bonchev–Trinajstić information content (AvgIpc) is 3.19. The lowest BCUT2D eigenvalue weighted by Crippen LogP contribution is -2.27. The molecule has 3 rings (SSSR count). The third-order valence-corrected chi connectivity index (χ3v) is 5.86. The first-order valence-corrected chi connectivity index (χ1v) is 11.7. The molecule has 0 aliphatic heterocycles. The van der Waals surface area contributed by atoms with Gasteiger partial charge in [-0.3, -0.25) is 4.79 Å². The molecule has 9 heteroatoms. The summed E-state index contributed by atoms with van der Waals surface area (Å²) in [5.41, 5.74) is 1.43. The van der Waals surface area contributed by atoms with E-state index in [2.05, 4.69) is 29.4 Å². The van der Waals surface area contributed by atoms with Gasteiger partial charge in [-0.25, -0.2) is 4.39 Å². The maximum atomic E-state index is 14.3. The molecular formula is C24H29FN4O3S. The number of thioether (sulfide) groups is 1. The molecule has 176 valence electrons. The summed E-state index contributed by atoms with van der Waals surface area (Å²) in [5, 5.41) is 12.0. The van der Waals surface area contributed by atoms with Crippen molar-refractivity contribution in [1.82, 2.24) is 20.1 Å². The smallest absolute Gasteiger partial charge is 0.230 e. The summed E-state index contributed by atoms with van der Waals surface area (Å²) >= 11 is 1.29. The van der Waals surface area contributed by atoms with Crippen LogP contribution in [0, 0.1) is 11.7 Å². The number of carbonyl (C=O) groups is 1. The molecule has 3 aromatic rings. The van der Waals surface area contributed by atoms with E-state index in [0.29, 0.717) is 53.5 Å². The fraction of sp³-hybridized carbons (Fsp3) is 0.375. The highest BCUT2D eigenvalue weighted by molar-refractivity contribution is 7.99. The van der Waals surface area contributed by atoms with Crippen LogP contribution in [0.3, 0.4) is 0 Å². The Morgan fingerprint density at radius 3 is 2.58 bits per heavy atom. The van der Waals surface area contributed by atoms with Gasteiger partial charge in [0.25, 0.3) is 0 Å². The van der Waals surface area contributed by atoms with Crippen molar-refractivity contribution in [1.29, 1.82) is 0 Å². The summed E-state index contributed by atoms with van der Waals surface area (Å²) in [6.45, 7) is 5.26. The second kappa shape index (κ2) is 11.7. The molecule has 1 aromatic heterocycles. The number of rotatable bonds is 11. The summed E-state index contributed by atoms with van der Waals surface area (Å²) in [5.74, 6) is 1.85. The molecule has 1 N–H and O–H groups in total. The van der Waals surface area contributed by atoms with Gasteiger partial charge in [0.15, 0.2) is 22.5 Å². The fourth-order valence-electron chi connectivity index (χ4n) is 3.33. The van der Waals surface area contributed by atoms with Gasteiger partial charge in [-0.15, -0.1) is 10.2 Å². The highest BCUT2D eigenvalue weighted by atomic mass is 32.2. The van der Waals surface area contributed by atoms with Crippen LogP contribution in [0.1, 0.15) is 19.4 Å². The van der Waals surface area contributed by atoms with Crippen LogP contribution in [0.4, 0.5) is 4.39 Å². The maximum absolute atomic E-state index is 14.3. The van der Waals surface area contributed by atoms with E-state index in [9.17, 15) is 9.18 Å². The van der Waals surface area contributed by atoms with E-state index in [1.54, 1.807) is 32.4 Å². The third kappa shape index (κ3) is 6.47. The molecule has 0 bridgehead atoms. The Morgan fingerprint density at radius 1 is 1.12 bits per heavy atom. The molecule has 0 aliphatic carbocycles. The van der Waals surface area contributed by atoms with Gasteiger partial charge in [-0.2, -0.15) is 0 Å². The normalized spacial score (nSPS) is 11.0. The SMILES string of the molecule is COc1ccc(CCNC(=O)CSc2nnc(-c3ccccc3F)n2CC(C)C)cc1OC. The van der Waals surface area contributed by atoms with Crippen LogP contribution in [0.5, 0.6) is 11.5 Å². The number of nitrogens with zero attached hydrogens (tertiary/aromatic N) is 3. The molecule has 2 aromatic carbocycles. The predicted molar refractivity (Wildman–Crippen MR) is 127 cm³/mol. The summed E-state index contributed by atoms with van der Waals surface area (Å²) in [4.78, 5) is 12.4. The molecule has 1 amide bonds. The van der Waals surface area contributed by atoms with Crippen LogP contribution in [-0.4, -0.2) is 47.2 Å². The lowest BCUT2D eigenvalue weighted by atomic mass is 10.1. The quantitative estimate of drug-likeness (QED) is 0.421. The zero-order chi connectivity index (χ0) is 23.8. The number of nitrogens with one attached hydrogen (secondary N) is 1. The van der Waals surface area contributed by atoms with Gasteiger partial charge in [-0.1, -0.05) is 43.8 Å². The van der Waals surface area contributed by atoms with E-state index < -0.39 is 0 Å². The molecule has 0 atom stereocenters. The highest BCUT2D eigenvalue weighted by Gasteiger charge is 2.18. The molecule has 0 spiro atoms. The molecule has 7 nitrogen and oxygen atoms in total. The van der Waals surface area contributed by atoms with Crippen molar-refractivity contribution in [2.24, 2.45) is 5.92 Å². The molecule has 0 unspecified atom stereocenters. The van der Waals surface area contributed by atoms with E-state index in [-0.39, 0.29) is 17.5 Å². The standard InChI is InChI=1S/C24H29FN4O3S/c1-16(2)14-29-23(18-7-5-6-8-19(18)25)27-28-24(29)33-15-22(30)26-12-11-17-9-10-20(31-3)21(13-17)32-4/h5-10,13,16H,11-12,14-15H2,1-4H3,(H,26,30). The Morgan fingerprint density at radius 2 is 1.88 bits per heavy atom. The average molecular weight is 473 g/mol. The van der Waals surface area contributed by atoms with Crippen molar-refractivity contribution in [3.63, 3.8) is 0 Å². The van der Waals surface area contributed by atoms with Crippen LogP contribution in [0.2, 0.25) is 0 Å². The van der Waals surface area contributed by atoms with E-state index in [1.165, 1.54) is 17.8 Å². The largest absolute Gasteiger partial charge is 0.493 e. The van der Waals surface area contributed by atoms with Gasteiger partial charge in [0, 0.05) is 13.1 Å². The molecule has 1 heterocycles. The first-order valence-electron chi connectivity index (χ1n) is 10.7. The number of ether oxygens (including phenoxy) is 2. The monoisotopic (exact) mass is 472 g/mol. The van der Waals surface area contributed by atoms with Crippen molar-refractivity contribution in [2.75, 3.05) is 26.5 Å². The Bertz CT molecular complexity index is 1090. The number of carbonyl (C=O) groups excluding carboxylic acids is 1. The first-order chi connectivity index (χ1) is 15.9. The molecule has 0 saturated carbocycles. The summed E-state index contributed by atoms with van der Waals surface area (Å²) < 4.78 is 26.8. The minimum absolute atomic E-state index is 0.105. The Kier molecular flexibility index (Phi) is 8.71. The number of halogens is 1. The lowest BCUT2D eigenvalue weighted by molar-refractivity contribution is -0.118. The third-order valence-electron chi connectivity index (χ3n) is 4.90. The van der Waals surface area contributed by atoms with Crippen molar-refractivity contribution in [3.8, 4) is 22.9 Å². The van der Waals surface area contributed by atoms with Gasteiger partial charge in [0.1, 0.15) is 5.82 Å². The summed E-state index contributed by atoms with van der Waals surface area (Å²) in [6, 6.07) is 12.2. The second-order valence-corrected chi connectivity index (χ2v) is 8.81. The van der Waals surface area contributed by atoms with Crippen molar-refractivity contribution >= 4 is 17.7 Å². The molecule has 0 fully saturated rings. The Balaban J connectivity index is 1.59. The van der Waals surface area contributed by atoms with Crippen molar-refractivity contribution in [3.05, 3.63) is 53.8 Å². The summed E-state index contributed by atoms with van der Waals surface area (Å²) in [7, 11) is 3.19. The van der Waals surface area contributed by atoms with Crippen LogP contribution >= 0.6 is 11.8 Å². The van der Waals surface area contributed by atoms with Crippen LogP contribution in [0.15, 0.2) is 47.6 Å². The zero-order valence-electron chi connectivity index (χ0n) is 19.3. The number of hydrogen-bond acceptors (Lipinski definition) is 6. The van der Waals surface area contributed by atoms with E-state index in [4.69, 9.17) is 9.47 Å². The lowest BCUT2D eigenvalue weighted by Gasteiger charge is -2.13. The number of hydrogen-bond donors (Lipinski definition) is 1. The molecule has 0 aliphatic rings. The molecule has 0 radical (unpaired) electrons. The number of benzene rings is 2. The number of amides is 1. The first kappa shape index (κ1) is 24.6. The molecule has 33 heavy (non-hydrogen) atoms. The zero-order valence-corrected chi connectivity index (χ0v) is 20.1. The van der Waals surface area contributed by atoms with Gasteiger partial charge < -0.3 is 19.4 Å². The molecular weight excluding hydrogens is 443 g/mol. The minimum atomic E-state index is -0.348. The van der Waals surface area contributed by atoms with Gasteiger partial charge >= 0.3 is 0 Å². The Labute approximate surface area is 197 Å². The minimum Gasteiger partial charge on any atom is -0.493 e. The summed E-state index contributed by atoms with van der Waals surface area (Å²) in [6.07, 6.45) is 0.664. The predicted octanol–water partition coefficient (Wildman–Crippen LogP) is 4.21. The van der Waals surface area contributed by atoms with Crippen molar-refractivity contribution in [2.45, 2.75) is 32.0 Å². The highest BCUT2D eigenvalue weighted by Crippen LogP contribution is 2.28. The van der Waals surface area contributed by atoms with Crippen LogP contribution in [0.25, 0.3) is 11.4 Å². The number of aromatic nitrogens is 3. The van der Waals surface area contributed by atoms with E-state index in [0.717, 1.165) is 5.56 Å². The van der Waals surface area contributed by atoms with Crippen molar-refractivity contribution < 1.29 is 18.7 Å². The maximum Gasteiger partial charge on any atom is 0.230 e. The van der Waals surface area contributed by atoms with Gasteiger partial charge in [0.2, 0.25) is 5.91 Å². The van der Waals surface area contributed by atoms with E-state index in [1.807, 2.05) is 22.8 Å². The fourth-order valence-corrected chi connectivity index (χ4v) is 4.11. The van der Waals surface area contributed by atoms with Gasteiger partial charge in [-0.05, 0) is 42.2 Å². The van der Waals surface area contributed by atoms with Crippen LogP contribution in [-0.2, 0) is 17.8 Å². The Hall–Kier alpha value is -3.07. The second-order valence-electron chi connectivity index (χ2n) is 7.87. The van der Waals surface area contributed by atoms with Crippen LogP contribution < -0.4 is 14.8 Å². The van der Waals surface area contributed by atoms with Gasteiger partial charge in [0.05, 0.1) is 25.5 Å². The molecule has 0 saturated heterocycles.